The molecule has 2 aromatic carbocycles. The summed E-state index contributed by atoms with van der Waals surface area (Å²) in [4.78, 5) is 28.4. The first kappa shape index (κ1) is 30.8. The Balaban J connectivity index is 2.49. The van der Waals surface area contributed by atoms with E-state index in [9.17, 15) is 18.0 Å². The molecule has 11 heteroatoms. The van der Waals surface area contributed by atoms with E-state index < -0.39 is 28.5 Å². The predicted octanol–water partition coefficient (Wildman–Crippen LogP) is 3.20. The van der Waals surface area contributed by atoms with E-state index in [1.165, 1.54) is 25.2 Å². The highest BCUT2D eigenvalue weighted by molar-refractivity contribution is 7.92. The minimum Gasteiger partial charge on any atom is -0.497 e. The van der Waals surface area contributed by atoms with E-state index in [1.54, 1.807) is 37.4 Å². The number of carbonyl (C=O) groups excluding carboxylic acids is 2. The number of methoxy groups -OCH3 is 3. The third-order valence-electron chi connectivity index (χ3n) is 6.04. The zero-order chi connectivity index (χ0) is 28.3. The van der Waals surface area contributed by atoms with E-state index in [-0.39, 0.29) is 23.9 Å². The second kappa shape index (κ2) is 14.5. The summed E-state index contributed by atoms with van der Waals surface area (Å²) in [6.45, 7) is 3.90. The molecule has 1 N–H and O–H groups in total. The molecule has 0 saturated carbocycles. The molecule has 1 unspecified atom stereocenters. The van der Waals surface area contributed by atoms with Crippen molar-refractivity contribution in [1.82, 2.24) is 10.2 Å². The Morgan fingerprint density at radius 3 is 2.24 bits per heavy atom. The summed E-state index contributed by atoms with van der Waals surface area (Å²) in [5.41, 5.74) is 0.927. The molecule has 38 heavy (non-hydrogen) atoms. The van der Waals surface area contributed by atoms with Crippen LogP contribution in [0.5, 0.6) is 17.2 Å². The zero-order valence-corrected chi connectivity index (χ0v) is 23.8. The highest BCUT2D eigenvalue weighted by Crippen LogP contribution is 2.33. The number of anilines is 1. The first-order chi connectivity index (χ1) is 18.1. The third kappa shape index (κ3) is 8.27. The lowest BCUT2D eigenvalue weighted by atomic mass is 10.1. The first-order valence-corrected chi connectivity index (χ1v) is 14.3. The van der Waals surface area contributed by atoms with Crippen LogP contribution < -0.4 is 23.8 Å². The fourth-order valence-corrected chi connectivity index (χ4v) is 4.83. The highest BCUT2D eigenvalue weighted by atomic mass is 32.2. The van der Waals surface area contributed by atoms with E-state index in [0.29, 0.717) is 24.5 Å². The average molecular weight is 550 g/mol. The molecule has 0 spiro atoms. The van der Waals surface area contributed by atoms with Crippen molar-refractivity contribution in [3.8, 4) is 17.2 Å². The Labute approximate surface area is 225 Å². The number of rotatable bonds is 15. The van der Waals surface area contributed by atoms with Crippen LogP contribution >= 0.6 is 0 Å². The maximum Gasteiger partial charge on any atom is 0.244 e. The molecule has 0 fully saturated rings. The molecule has 0 bridgehead atoms. The van der Waals surface area contributed by atoms with Crippen LogP contribution in [0.25, 0.3) is 0 Å². The molecule has 2 rings (SSSR count). The Bertz CT molecular complexity index is 1190. The van der Waals surface area contributed by atoms with Gasteiger partial charge in [0.15, 0.2) is 0 Å². The summed E-state index contributed by atoms with van der Waals surface area (Å²) in [5, 5.41) is 2.90. The topological polar surface area (TPSA) is 114 Å². The fraction of sp³-hybridized carbons (Fsp3) is 0.481. The molecule has 0 heterocycles. The lowest BCUT2D eigenvalue weighted by molar-refractivity contribution is -0.140. The van der Waals surface area contributed by atoms with Crippen molar-refractivity contribution in [3.63, 3.8) is 0 Å². The Kier molecular flexibility index (Phi) is 11.7. The van der Waals surface area contributed by atoms with Gasteiger partial charge >= 0.3 is 0 Å². The second-order valence-electron chi connectivity index (χ2n) is 8.75. The molecule has 0 aliphatic rings. The van der Waals surface area contributed by atoms with Crippen molar-refractivity contribution in [2.24, 2.45) is 0 Å². The molecule has 0 aliphatic carbocycles. The highest BCUT2D eigenvalue weighted by Gasteiger charge is 2.32. The Morgan fingerprint density at radius 2 is 1.66 bits per heavy atom. The number of carbonyl (C=O) groups is 2. The molecule has 0 saturated heterocycles. The predicted molar refractivity (Wildman–Crippen MR) is 147 cm³/mol. The van der Waals surface area contributed by atoms with Crippen molar-refractivity contribution in [2.75, 3.05) is 45.0 Å². The van der Waals surface area contributed by atoms with Crippen LogP contribution in [0.4, 0.5) is 5.69 Å². The normalized spacial score (nSPS) is 11.8. The van der Waals surface area contributed by atoms with Gasteiger partial charge in [-0.1, -0.05) is 32.4 Å². The van der Waals surface area contributed by atoms with Gasteiger partial charge in [0.25, 0.3) is 0 Å². The number of hydrogen-bond donors (Lipinski definition) is 1. The fourth-order valence-electron chi connectivity index (χ4n) is 3.98. The molecular formula is C27H39N3O7S. The summed E-state index contributed by atoms with van der Waals surface area (Å²) < 4.78 is 42.7. The van der Waals surface area contributed by atoms with Crippen LogP contribution in [0, 0.1) is 0 Å². The van der Waals surface area contributed by atoms with Gasteiger partial charge in [0.05, 0.1) is 33.3 Å². The van der Waals surface area contributed by atoms with E-state index >= 15 is 0 Å². The molecule has 2 amide bonds. The molecular weight excluding hydrogens is 510 g/mol. The first-order valence-electron chi connectivity index (χ1n) is 12.5. The van der Waals surface area contributed by atoms with E-state index in [2.05, 4.69) is 5.32 Å². The summed E-state index contributed by atoms with van der Waals surface area (Å²) in [5.74, 6) is 0.487. The molecule has 1 atom stereocenters. The van der Waals surface area contributed by atoms with Crippen molar-refractivity contribution >= 4 is 27.5 Å². The SMILES string of the molecule is CCCCNC(=O)C(CC)N(Cc1cccc(OC)c1)C(=O)CN(c1ccc(OC)cc1OC)S(C)(=O)=O. The van der Waals surface area contributed by atoms with E-state index in [0.717, 1.165) is 29.0 Å². The maximum atomic E-state index is 13.8. The van der Waals surface area contributed by atoms with Crippen LogP contribution in [0.3, 0.4) is 0 Å². The van der Waals surface area contributed by atoms with Crippen molar-refractivity contribution in [3.05, 3.63) is 48.0 Å². The molecule has 0 aliphatic heterocycles. The lowest BCUT2D eigenvalue weighted by Gasteiger charge is -2.33. The lowest BCUT2D eigenvalue weighted by Crippen LogP contribution is -2.52. The van der Waals surface area contributed by atoms with Gasteiger partial charge in [-0.25, -0.2) is 8.42 Å². The van der Waals surface area contributed by atoms with Gasteiger partial charge in [-0.05, 0) is 42.7 Å². The largest absolute Gasteiger partial charge is 0.497 e. The van der Waals surface area contributed by atoms with Crippen LogP contribution in [0.1, 0.15) is 38.7 Å². The average Bonchev–Trinajstić information content (AvgIpc) is 2.90. The quantitative estimate of drug-likeness (QED) is 0.339. The zero-order valence-electron chi connectivity index (χ0n) is 23.0. The smallest absolute Gasteiger partial charge is 0.244 e. The molecule has 2 aromatic rings. The van der Waals surface area contributed by atoms with Crippen LogP contribution in [-0.2, 0) is 26.2 Å². The van der Waals surface area contributed by atoms with E-state index in [1.807, 2.05) is 19.9 Å². The standard InChI is InChI=1S/C27H39N3O7S/c1-7-9-15-28-27(32)23(8-2)29(18-20-11-10-12-21(16-20)35-3)26(31)19-30(38(6,33)34)24-14-13-22(36-4)17-25(24)37-5/h10-14,16-17,23H,7-9,15,18-19H2,1-6H3,(H,28,32). The number of benzene rings is 2. The van der Waals surface area contributed by atoms with Gasteiger partial charge in [0.2, 0.25) is 21.8 Å². The third-order valence-corrected chi connectivity index (χ3v) is 7.16. The number of nitrogens with one attached hydrogen (secondary N) is 1. The van der Waals surface area contributed by atoms with Crippen LogP contribution in [0.15, 0.2) is 42.5 Å². The minimum atomic E-state index is -3.91. The molecule has 10 nitrogen and oxygen atoms in total. The molecule has 210 valence electrons. The second-order valence-corrected chi connectivity index (χ2v) is 10.7. The van der Waals surface area contributed by atoms with Gasteiger partial charge in [0, 0.05) is 19.2 Å². The number of sulfonamides is 1. The van der Waals surface area contributed by atoms with Crippen molar-refractivity contribution in [2.45, 2.75) is 45.7 Å². The van der Waals surface area contributed by atoms with Crippen molar-refractivity contribution in [1.29, 1.82) is 0 Å². The summed E-state index contributed by atoms with van der Waals surface area (Å²) in [6.07, 6.45) is 3.09. The van der Waals surface area contributed by atoms with Gasteiger partial charge in [-0.15, -0.1) is 0 Å². The summed E-state index contributed by atoms with van der Waals surface area (Å²) in [7, 11) is 0.529. The van der Waals surface area contributed by atoms with Gasteiger partial charge in [0.1, 0.15) is 29.8 Å². The Morgan fingerprint density at radius 1 is 0.974 bits per heavy atom. The molecule has 0 aromatic heterocycles. The Hall–Kier alpha value is -3.47. The van der Waals surface area contributed by atoms with Crippen molar-refractivity contribution < 1.29 is 32.2 Å². The summed E-state index contributed by atoms with van der Waals surface area (Å²) in [6, 6.07) is 11.0. The van der Waals surface area contributed by atoms with Gasteiger partial charge < -0.3 is 24.4 Å². The summed E-state index contributed by atoms with van der Waals surface area (Å²) >= 11 is 0. The number of nitrogens with zero attached hydrogens (tertiary/aromatic N) is 2. The van der Waals surface area contributed by atoms with E-state index in [4.69, 9.17) is 14.2 Å². The number of ether oxygens (including phenoxy) is 3. The van der Waals surface area contributed by atoms with Gasteiger partial charge in [-0.2, -0.15) is 0 Å². The number of amides is 2. The van der Waals surface area contributed by atoms with Gasteiger partial charge in [-0.3, -0.25) is 13.9 Å². The molecule has 0 radical (unpaired) electrons. The van der Waals surface area contributed by atoms with Crippen LogP contribution in [0.2, 0.25) is 0 Å². The number of hydrogen-bond acceptors (Lipinski definition) is 7. The minimum absolute atomic E-state index is 0.0904. The van der Waals surface area contributed by atoms with Crippen LogP contribution in [-0.4, -0.2) is 71.8 Å². The maximum absolute atomic E-state index is 13.8. The number of unbranched alkanes of at least 4 members (excludes halogenated alkanes) is 1. The monoisotopic (exact) mass is 549 g/mol.